The lowest BCUT2D eigenvalue weighted by atomic mass is 10.2. The van der Waals surface area contributed by atoms with Crippen molar-refractivity contribution in [1.82, 2.24) is 15.2 Å². The molecule has 1 aliphatic heterocycles. The quantitative estimate of drug-likeness (QED) is 0.544. The SMILES string of the molecule is CCCC(=O)Nc1cccc(CN=C(NCC)N2CCN(c3ccccn3)CC2)c1. The number of rotatable bonds is 7. The summed E-state index contributed by atoms with van der Waals surface area (Å²) in [5.74, 6) is 2.01. The van der Waals surface area contributed by atoms with E-state index in [4.69, 9.17) is 4.99 Å². The molecule has 3 rings (SSSR count). The standard InChI is InChI=1S/C23H32N6O/c1-3-8-22(30)27-20-10-7-9-19(17-20)18-26-23(24-4-2)29-15-13-28(14-16-29)21-11-5-6-12-25-21/h5-7,9-12,17H,3-4,8,13-16,18H2,1-2H3,(H,24,26)(H,27,30). The lowest BCUT2D eigenvalue weighted by Crippen LogP contribution is -2.52. The van der Waals surface area contributed by atoms with Gasteiger partial charge in [-0.05, 0) is 43.2 Å². The Bertz CT molecular complexity index is 831. The number of piperazine rings is 1. The lowest BCUT2D eigenvalue weighted by Gasteiger charge is -2.37. The molecule has 0 radical (unpaired) electrons. The first-order chi connectivity index (χ1) is 14.7. The highest BCUT2D eigenvalue weighted by Crippen LogP contribution is 2.14. The van der Waals surface area contributed by atoms with Gasteiger partial charge >= 0.3 is 0 Å². The highest BCUT2D eigenvalue weighted by Gasteiger charge is 2.20. The Kier molecular flexibility index (Phi) is 8.06. The van der Waals surface area contributed by atoms with Crippen LogP contribution in [0.3, 0.4) is 0 Å². The lowest BCUT2D eigenvalue weighted by molar-refractivity contribution is -0.116. The third-order valence-corrected chi connectivity index (χ3v) is 4.99. The van der Waals surface area contributed by atoms with Crippen molar-refractivity contribution in [3.05, 3.63) is 54.2 Å². The van der Waals surface area contributed by atoms with Crippen molar-refractivity contribution in [2.45, 2.75) is 33.2 Å². The van der Waals surface area contributed by atoms with Crippen LogP contribution in [0.2, 0.25) is 0 Å². The number of carbonyl (C=O) groups excluding carboxylic acids is 1. The molecule has 1 fully saturated rings. The number of nitrogens with zero attached hydrogens (tertiary/aromatic N) is 4. The Balaban J connectivity index is 1.60. The molecule has 0 saturated carbocycles. The van der Waals surface area contributed by atoms with Crippen LogP contribution in [0.25, 0.3) is 0 Å². The summed E-state index contributed by atoms with van der Waals surface area (Å²) >= 11 is 0. The predicted molar refractivity (Wildman–Crippen MR) is 123 cm³/mol. The van der Waals surface area contributed by atoms with Gasteiger partial charge in [-0.25, -0.2) is 9.98 Å². The van der Waals surface area contributed by atoms with Gasteiger partial charge < -0.3 is 20.4 Å². The maximum absolute atomic E-state index is 11.8. The van der Waals surface area contributed by atoms with Crippen LogP contribution in [0.1, 0.15) is 32.3 Å². The minimum atomic E-state index is 0.0530. The van der Waals surface area contributed by atoms with E-state index in [0.717, 1.165) is 62.2 Å². The van der Waals surface area contributed by atoms with Gasteiger partial charge in [-0.2, -0.15) is 0 Å². The molecule has 160 valence electrons. The third-order valence-electron chi connectivity index (χ3n) is 4.99. The first-order valence-corrected chi connectivity index (χ1v) is 10.8. The molecule has 0 atom stereocenters. The molecule has 1 aromatic heterocycles. The molecule has 0 bridgehead atoms. The van der Waals surface area contributed by atoms with Gasteiger partial charge in [0.15, 0.2) is 5.96 Å². The molecule has 1 aliphatic rings. The minimum Gasteiger partial charge on any atom is -0.357 e. The molecule has 2 heterocycles. The summed E-state index contributed by atoms with van der Waals surface area (Å²) in [6.45, 7) is 9.12. The van der Waals surface area contributed by atoms with Crippen LogP contribution >= 0.6 is 0 Å². The highest BCUT2D eigenvalue weighted by atomic mass is 16.1. The zero-order chi connectivity index (χ0) is 21.2. The molecule has 7 heteroatoms. The van der Waals surface area contributed by atoms with Gasteiger partial charge in [0.25, 0.3) is 0 Å². The fourth-order valence-corrected chi connectivity index (χ4v) is 3.48. The van der Waals surface area contributed by atoms with Gasteiger partial charge in [0, 0.05) is 51.0 Å². The molecule has 2 aromatic rings. The Labute approximate surface area is 179 Å². The van der Waals surface area contributed by atoms with Gasteiger partial charge in [0.1, 0.15) is 5.82 Å². The summed E-state index contributed by atoms with van der Waals surface area (Å²) < 4.78 is 0. The van der Waals surface area contributed by atoms with Gasteiger partial charge in [-0.3, -0.25) is 4.79 Å². The summed E-state index contributed by atoms with van der Waals surface area (Å²) in [6, 6.07) is 14.0. The van der Waals surface area contributed by atoms with Crippen LogP contribution in [0, 0.1) is 0 Å². The van der Waals surface area contributed by atoms with E-state index >= 15 is 0 Å². The molecule has 7 nitrogen and oxygen atoms in total. The van der Waals surface area contributed by atoms with E-state index in [1.165, 1.54) is 0 Å². The summed E-state index contributed by atoms with van der Waals surface area (Å²) in [5, 5.41) is 6.37. The number of pyridine rings is 1. The number of anilines is 2. The fraction of sp³-hybridized carbons (Fsp3) is 0.435. The zero-order valence-electron chi connectivity index (χ0n) is 18.0. The minimum absolute atomic E-state index is 0.0530. The maximum Gasteiger partial charge on any atom is 0.224 e. The molecular weight excluding hydrogens is 376 g/mol. The first-order valence-electron chi connectivity index (χ1n) is 10.8. The van der Waals surface area contributed by atoms with Crippen molar-refractivity contribution in [1.29, 1.82) is 0 Å². The number of amides is 1. The van der Waals surface area contributed by atoms with E-state index in [-0.39, 0.29) is 5.91 Å². The number of aromatic nitrogens is 1. The Morgan fingerprint density at radius 2 is 1.93 bits per heavy atom. The number of aliphatic imine (C=N–C) groups is 1. The summed E-state index contributed by atoms with van der Waals surface area (Å²) in [6.07, 6.45) is 3.22. The van der Waals surface area contributed by atoms with Crippen LogP contribution in [0.4, 0.5) is 11.5 Å². The number of hydrogen-bond donors (Lipinski definition) is 2. The van der Waals surface area contributed by atoms with Crippen molar-refractivity contribution < 1.29 is 4.79 Å². The monoisotopic (exact) mass is 408 g/mol. The molecule has 1 aromatic carbocycles. The van der Waals surface area contributed by atoms with E-state index in [1.54, 1.807) is 0 Å². The van der Waals surface area contributed by atoms with Crippen LogP contribution < -0.4 is 15.5 Å². The topological polar surface area (TPSA) is 72.9 Å². The Morgan fingerprint density at radius 1 is 1.10 bits per heavy atom. The van der Waals surface area contributed by atoms with Crippen molar-refractivity contribution >= 4 is 23.4 Å². The normalized spacial score (nSPS) is 14.5. The summed E-state index contributed by atoms with van der Waals surface area (Å²) in [7, 11) is 0. The molecular formula is C23H32N6O. The third kappa shape index (κ3) is 6.20. The maximum atomic E-state index is 11.8. The van der Waals surface area contributed by atoms with Crippen LogP contribution in [0.15, 0.2) is 53.7 Å². The number of nitrogens with one attached hydrogen (secondary N) is 2. The molecule has 0 unspecified atom stereocenters. The fourth-order valence-electron chi connectivity index (χ4n) is 3.48. The average molecular weight is 409 g/mol. The van der Waals surface area contributed by atoms with Crippen LogP contribution in [0.5, 0.6) is 0 Å². The second-order valence-electron chi connectivity index (χ2n) is 7.33. The number of guanidine groups is 1. The molecule has 0 aliphatic carbocycles. The van der Waals surface area contributed by atoms with Crippen LogP contribution in [-0.2, 0) is 11.3 Å². The highest BCUT2D eigenvalue weighted by molar-refractivity contribution is 5.90. The molecule has 0 spiro atoms. The smallest absolute Gasteiger partial charge is 0.224 e. The number of hydrogen-bond acceptors (Lipinski definition) is 4. The molecule has 2 N–H and O–H groups in total. The van der Waals surface area contributed by atoms with Gasteiger partial charge in [0.2, 0.25) is 5.91 Å². The van der Waals surface area contributed by atoms with Crippen molar-refractivity contribution in [2.24, 2.45) is 4.99 Å². The molecule has 1 saturated heterocycles. The first kappa shape index (κ1) is 21.6. The predicted octanol–water partition coefficient (Wildman–Crippen LogP) is 3.11. The van der Waals surface area contributed by atoms with E-state index < -0.39 is 0 Å². The van der Waals surface area contributed by atoms with Crippen LogP contribution in [-0.4, -0.2) is 54.5 Å². The second kappa shape index (κ2) is 11.2. The summed E-state index contributed by atoms with van der Waals surface area (Å²) in [4.78, 5) is 25.8. The van der Waals surface area contributed by atoms with E-state index in [0.29, 0.717) is 13.0 Å². The largest absolute Gasteiger partial charge is 0.357 e. The summed E-state index contributed by atoms with van der Waals surface area (Å²) in [5.41, 5.74) is 1.90. The van der Waals surface area contributed by atoms with E-state index in [9.17, 15) is 4.79 Å². The number of carbonyl (C=O) groups is 1. The van der Waals surface area contributed by atoms with Gasteiger partial charge in [-0.15, -0.1) is 0 Å². The van der Waals surface area contributed by atoms with Crippen molar-refractivity contribution in [3.8, 4) is 0 Å². The molecule has 1 amide bonds. The van der Waals surface area contributed by atoms with Gasteiger partial charge in [-0.1, -0.05) is 25.1 Å². The van der Waals surface area contributed by atoms with Gasteiger partial charge in [0.05, 0.1) is 6.54 Å². The van der Waals surface area contributed by atoms with E-state index in [1.807, 2.05) is 49.5 Å². The number of benzene rings is 1. The van der Waals surface area contributed by atoms with Crippen molar-refractivity contribution in [2.75, 3.05) is 42.9 Å². The van der Waals surface area contributed by atoms with Crippen molar-refractivity contribution in [3.63, 3.8) is 0 Å². The second-order valence-corrected chi connectivity index (χ2v) is 7.33. The van der Waals surface area contributed by atoms with E-state index in [2.05, 4.69) is 38.4 Å². The zero-order valence-corrected chi connectivity index (χ0v) is 18.0. The average Bonchev–Trinajstić information content (AvgIpc) is 2.78. The molecule has 30 heavy (non-hydrogen) atoms. The Hall–Kier alpha value is -3.09. The Morgan fingerprint density at radius 3 is 2.63 bits per heavy atom.